The van der Waals surface area contributed by atoms with Gasteiger partial charge in [0.25, 0.3) is 5.91 Å². The molecule has 0 radical (unpaired) electrons. The molecule has 0 spiro atoms. The topological polar surface area (TPSA) is 126 Å². The van der Waals surface area contributed by atoms with Crippen LogP contribution in [0.15, 0.2) is 43.0 Å². The van der Waals surface area contributed by atoms with Gasteiger partial charge in [-0.15, -0.1) is 0 Å². The van der Waals surface area contributed by atoms with Gasteiger partial charge in [0.1, 0.15) is 11.5 Å². The van der Waals surface area contributed by atoms with Crippen molar-refractivity contribution in [2.45, 2.75) is 20.0 Å². The van der Waals surface area contributed by atoms with Gasteiger partial charge < -0.3 is 15.0 Å². The van der Waals surface area contributed by atoms with Crippen molar-refractivity contribution in [2.24, 2.45) is 0 Å². The Hall–Kier alpha value is -3.99. The average molecular weight is 458 g/mol. The molecule has 1 aromatic carbocycles. The lowest BCUT2D eigenvalue weighted by Crippen LogP contribution is -2.18. The molecule has 0 atom stereocenters. The van der Waals surface area contributed by atoms with E-state index in [9.17, 15) is 14.0 Å². The number of rotatable bonds is 5. The standard InChI is InChI=1S/C20H17ClFN7O3/c1-10(2)32-20(31)26-12-6-24-19-28-16(9-29(19)8-12)13-5-11(3-4-14(13)22)25-17(30)15-7-23-18(21)27-15/h3-10H,1-2H3,(H,23,27)(H,25,30)(H,26,31). The molecule has 3 N–H and O–H groups in total. The number of nitrogens with one attached hydrogen (secondary N) is 3. The van der Waals surface area contributed by atoms with E-state index in [0.29, 0.717) is 17.2 Å². The number of ether oxygens (including phenoxy) is 1. The molecule has 32 heavy (non-hydrogen) atoms. The Bertz CT molecular complexity index is 1320. The number of halogens is 2. The Morgan fingerprint density at radius 1 is 1.16 bits per heavy atom. The van der Waals surface area contributed by atoms with Gasteiger partial charge in [0.05, 0.1) is 29.9 Å². The van der Waals surface area contributed by atoms with Crippen molar-refractivity contribution in [1.82, 2.24) is 24.3 Å². The number of carbonyl (C=O) groups is 2. The second-order valence-corrected chi connectivity index (χ2v) is 7.35. The second kappa shape index (κ2) is 8.63. The third-order valence-corrected chi connectivity index (χ3v) is 4.38. The normalized spacial score (nSPS) is 11.0. The molecule has 3 aromatic heterocycles. The zero-order chi connectivity index (χ0) is 22.8. The summed E-state index contributed by atoms with van der Waals surface area (Å²) in [5, 5.41) is 5.29. The summed E-state index contributed by atoms with van der Waals surface area (Å²) in [7, 11) is 0. The highest BCUT2D eigenvalue weighted by atomic mass is 35.5. The lowest BCUT2D eigenvalue weighted by Gasteiger charge is -2.09. The van der Waals surface area contributed by atoms with Gasteiger partial charge in [-0.2, -0.15) is 0 Å². The molecular weight excluding hydrogens is 441 g/mol. The SMILES string of the molecule is CC(C)OC(=O)Nc1cnc2nc(-c3cc(NC(=O)c4cnc(Cl)[nH]4)ccc3F)cn2c1. The highest BCUT2D eigenvalue weighted by Crippen LogP contribution is 2.26. The predicted molar refractivity (Wildman–Crippen MR) is 115 cm³/mol. The van der Waals surface area contributed by atoms with Crippen molar-refractivity contribution < 1.29 is 18.7 Å². The number of anilines is 2. The predicted octanol–water partition coefficient (Wildman–Crippen LogP) is 4.12. The van der Waals surface area contributed by atoms with Crippen molar-refractivity contribution in [1.29, 1.82) is 0 Å². The zero-order valence-electron chi connectivity index (χ0n) is 16.9. The Morgan fingerprint density at radius 3 is 2.69 bits per heavy atom. The van der Waals surface area contributed by atoms with Gasteiger partial charge in [-0.25, -0.2) is 24.1 Å². The number of carbonyl (C=O) groups excluding carboxylic acids is 2. The number of hydrogen-bond acceptors (Lipinski definition) is 6. The van der Waals surface area contributed by atoms with Gasteiger partial charge in [0.15, 0.2) is 0 Å². The molecule has 12 heteroatoms. The molecule has 0 unspecified atom stereocenters. The monoisotopic (exact) mass is 457 g/mol. The molecule has 4 rings (SSSR count). The number of aromatic nitrogens is 5. The van der Waals surface area contributed by atoms with E-state index in [-0.39, 0.29) is 28.3 Å². The quantitative estimate of drug-likeness (QED) is 0.413. The van der Waals surface area contributed by atoms with Crippen molar-refractivity contribution in [3.8, 4) is 11.3 Å². The second-order valence-electron chi connectivity index (χ2n) is 6.99. The largest absolute Gasteiger partial charge is 0.447 e. The van der Waals surface area contributed by atoms with Gasteiger partial charge >= 0.3 is 6.09 Å². The van der Waals surface area contributed by atoms with Gasteiger partial charge in [-0.3, -0.25) is 14.5 Å². The smallest absolute Gasteiger partial charge is 0.411 e. The van der Waals surface area contributed by atoms with Crippen molar-refractivity contribution in [3.63, 3.8) is 0 Å². The highest BCUT2D eigenvalue weighted by molar-refractivity contribution is 6.28. The number of hydrogen-bond donors (Lipinski definition) is 3. The van der Waals surface area contributed by atoms with E-state index >= 15 is 0 Å². The summed E-state index contributed by atoms with van der Waals surface area (Å²) >= 11 is 5.69. The molecule has 0 aliphatic rings. The first-order chi connectivity index (χ1) is 15.3. The minimum Gasteiger partial charge on any atom is -0.447 e. The number of imidazole rings is 2. The molecule has 0 saturated heterocycles. The highest BCUT2D eigenvalue weighted by Gasteiger charge is 2.15. The average Bonchev–Trinajstić information content (AvgIpc) is 3.34. The van der Waals surface area contributed by atoms with Gasteiger partial charge in [0, 0.05) is 23.6 Å². The fraction of sp³-hybridized carbons (Fsp3) is 0.150. The van der Waals surface area contributed by atoms with Crippen LogP contribution in [0.2, 0.25) is 5.28 Å². The molecule has 0 bridgehead atoms. The van der Waals surface area contributed by atoms with Crippen LogP contribution in [0.4, 0.5) is 20.6 Å². The number of H-pyrrole nitrogens is 1. The fourth-order valence-electron chi connectivity index (χ4n) is 2.85. The lowest BCUT2D eigenvalue weighted by molar-refractivity contribution is 0.102. The maximum Gasteiger partial charge on any atom is 0.411 e. The van der Waals surface area contributed by atoms with Crippen LogP contribution < -0.4 is 10.6 Å². The lowest BCUT2D eigenvalue weighted by atomic mass is 10.1. The number of fused-ring (bicyclic) bond motifs is 1. The van der Waals surface area contributed by atoms with Crippen LogP contribution in [0.1, 0.15) is 24.3 Å². The summed E-state index contributed by atoms with van der Waals surface area (Å²) in [5.74, 6) is -0.721. The molecule has 0 aliphatic heterocycles. The zero-order valence-corrected chi connectivity index (χ0v) is 17.6. The maximum absolute atomic E-state index is 14.5. The first-order valence-electron chi connectivity index (χ1n) is 9.42. The molecular formula is C20H17ClFN7O3. The molecule has 2 amide bonds. The molecule has 3 heterocycles. The van der Waals surface area contributed by atoms with Crippen LogP contribution in [0, 0.1) is 5.82 Å². The number of benzene rings is 1. The Balaban J connectivity index is 1.58. The fourth-order valence-corrected chi connectivity index (χ4v) is 3.00. The first-order valence-corrected chi connectivity index (χ1v) is 9.80. The first kappa shape index (κ1) is 21.2. The van der Waals surface area contributed by atoms with Crippen molar-refractivity contribution in [3.05, 3.63) is 59.8 Å². The third kappa shape index (κ3) is 4.67. The maximum atomic E-state index is 14.5. The molecule has 164 valence electrons. The summed E-state index contributed by atoms with van der Waals surface area (Å²) in [6, 6.07) is 4.09. The minimum absolute atomic E-state index is 0.0819. The number of amides is 2. The van der Waals surface area contributed by atoms with E-state index in [0.717, 1.165) is 0 Å². The summed E-state index contributed by atoms with van der Waals surface area (Å²) in [6.07, 6.45) is 4.95. The van der Waals surface area contributed by atoms with Crippen molar-refractivity contribution in [2.75, 3.05) is 10.6 Å². The molecule has 4 aromatic rings. The van der Waals surface area contributed by atoms with E-state index in [1.807, 2.05) is 0 Å². The van der Waals surface area contributed by atoms with E-state index in [4.69, 9.17) is 16.3 Å². The van der Waals surface area contributed by atoms with Gasteiger partial charge in [-0.1, -0.05) is 0 Å². The summed E-state index contributed by atoms with van der Waals surface area (Å²) in [4.78, 5) is 38.9. The van der Waals surface area contributed by atoms with Crippen LogP contribution in [0.25, 0.3) is 17.0 Å². The third-order valence-electron chi connectivity index (χ3n) is 4.19. The van der Waals surface area contributed by atoms with Crippen LogP contribution in [0.5, 0.6) is 0 Å². The molecule has 0 saturated carbocycles. The van der Waals surface area contributed by atoms with Crippen LogP contribution >= 0.6 is 11.6 Å². The Morgan fingerprint density at radius 2 is 1.97 bits per heavy atom. The number of aromatic amines is 1. The molecule has 10 nitrogen and oxygen atoms in total. The Kier molecular flexibility index (Phi) is 5.73. The van der Waals surface area contributed by atoms with Crippen molar-refractivity contribution >= 4 is 40.8 Å². The van der Waals surface area contributed by atoms with E-state index in [1.54, 1.807) is 26.2 Å². The summed E-state index contributed by atoms with van der Waals surface area (Å²) < 4.78 is 21.1. The molecule has 0 fully saturated rings. The van der Waals surface area contributed by atoms with E-state index in [2.05, 4.69) is 30.6 Å². The van der Waals surface area contributed by atoms with Gasteiger partial charge in [-0.05, 0) is 43.6 Å². The van der Waals surface area contributed by atoms with E-state index in [1.165, 1.54) is 35.0 Å². The van der Waals surface area contributed by atoms with Gasteiger partial charge in [0.2, 0.25) is 11.1 Å². The summed E-state index contributed by atoms with van der Waals surface area (Å²) in [5.41, 5.74) is 1.34. The summed E-state index contributed by atoms with van der Waals surface area (Å²) in [6.45, 7) is 3.47. The van der Waals surface area contributed by atoms with Crippen LogP contribution in [-0.4, -0.2) is 42.4 Å². The van der Waals surface area contributed by atoms with Crippen LogP contribution in [-0.2, 0) is 4.74 Å². The number of nitrogens with zero attached hydrogens (tertiary/aromatic N) is 4. The Labute approximate surface area is 185 Å². The minimum atomic E-state index is -0.616. The van der Waals surface area contributed by atoms with Crippen LogP contribution in [0.3, 0.4) is 0 Å². The molecule has 0 aliphatic carbocycles. The van der Waals surface area contributed by atoms with E-state index < -0.39 is 17.8 Å².